The Kier molecular flexibility index (Phi) is 5.76. The summed E-state index contributed by atoms with van der Waals surface area (Å²) >= 11 is 0. The number of alkyl halides is 1. The van der Waals surface area contributed by atoms with E-state index in [1.807, 2.05) is 18.3 Å². The summed E-state index contributed by atoms with van der Waals surface area (Å²) in [6, 6.07) is 21.0. The number of amides is 1. The van der Waals surface area contributed by atoms with Crippen LogP contribution in [0, 0.1) is 12.8 Å². The number of hydrogen-bond donors (Lipinski definition) is 2. The van der Waals surface area contributed by atoms with Crippen molar-refractivity contribution in [2.45, 2.75) is 44.9 Å². The molecule has 8 rings (SSSR count). The number of H-pyrrole nitrogens is 1. The number of carbonyl (C=O) groups is 1. The SMILES string of the molecule is Cc1c(-c2cc3ccc(-c4ccc5[nH]ccc5c4)cc3n2CC2CC2)nn2cc(C(=O)N3C[C@H](N)C[C@@H](F)C3)ccc12. The van der Waals surface area contributed by atoms with Gasteiger partial charge in [-0.2, -0.15) is 5.10 Å². The van der Waals surface area contributed by atoms with Crippen molar-refractivity contribution in [3.63, 3.8) is 0 Å². The van der Waals surface area contributed by atoms with E-state index in [0.717, 1.165) is 34.5 Å². The van der Waals surface area contributed by atoms with Gasteiger partial charge in [0.1, 0.15) is 11.9 Å². The Labute approximate surface area is 242 Å². The summed E-state index contributed by atoms with van der Waals surface area (Å²) in [6.07, 6.45) is 5.44. The summed E-state index contributed by atoms with van der Waals surface area (Å²) in [6.45, 7) is 3.49. The van der Waals surface area contributed by atoms with Gasteiger partial charge in [0.25, 0.3) is 5.91 Å². The predicted octanol–water partition coefficient (Wildman–Crippen LogP) is 6.33. The zero-order valence-corrected chi connectivity index (χ0v) is 23.6. The van der Waals surface area contributed by atoms with Crippen LogP contribution in [0.2, 0.25) is 0 Å². The minimum absolute atomic E-state index is 0.0796. The van der Waals surface area contributed by atoms with Crippen LogP contribution in [-0.4, -0.2) is 55.3 Å². The van der Waals surface area contributed by atoms with E-state index in [1.165, 1.54) is 45.2 Å². The van der Waals surface area contributed by atoms with Crippen LogP contribution in [0.25, 0.3) is 49.8 Å². The summed E-state index contributed by atoms with van der Waals surface area (Å²) in [5.74, 6) is 0.466. The Morgan fingerprint density at radius 1 is 1.00 bits per heavy atom. The molecule has 2 aromatic carbocycles. The molecule has 1 saturated carbocycles. The largest absolute Gasteiger partial charge is 0.361 e. The Morgan fingerprint density at radius 3 is 2.67 bits per heavy atom. The third kappa shape index (κ3) is 4.29. The molecule has 1 aliphatic heterocycles. The van der Waals surface area contributed by atoms with Crippen molar-refractivity contribution in [1.82, 2.24) is 24.1 Å². The third-order valence-electron chi connectivity index (χ3n) is 9.01. The lowest BCUT2D eigenvalue weighted by molar-refractivity contribution is 0.0606. The Bertz CT molecular complexity index is 1990. The van der Waals surface area contributed by atoms with Gasteiger partial charge >= 0.3 is 0 Å². The number of halogens is 1. The molecule has 2 aliphatic rings. The van der Waals surface area contributed by atoms with Gasteiger partial charge in [-0.1, -0.05) is 18.2 Å². The highest BCUT2D eigenvalue weighted by molar-refractivity contribution is 5.95. The fourth-order valence-corrected chi connectivity index (χ4v) is 6.58. The molecule has 0 bridgehead atoms. The fraction of sp³-hybridized carbons (Fsp3) is 0.294. The van der Waals surface area contributed by atoms with E-state index < -0.39 is 6.17 Å². The fourth-order valence-electron chi connectivity index (χ4n) is 6.58. The van der Waals surface area contributed by atoms with E-state index in [1.54, 1.807) is 10.7 Å². The number of aryl methyl sites for hydroxylation is 1. The average Bonchev–Trinajstić information content (AvgIpc) is 3.41. The van der Waals surface area contributed by atoms with Gasteiger partial charge in [0, 0.05) is 53.5 Å². The number of carbonyl (C=O) groups excluding carboxylic acids is 1. The molecule has 0 unspecified atom stereocenters. The first-order valence-electron chi connectivity index (χ1n) is 14.8. The van der Waals surface area contributed by atoms with Crippen molar-refractivity contribution < 1.29 is 9.18 Å². The quantitative estimate of drug-likeness (QED) is 0.258. The van der Waals surface area contributed by atoms with E-state index in [-0.39, 0.29) is 18.5 Å². The van der Waals surface area contributed by atoms with Gasteiger partial charge in [-0.25, -0.2) is 8.91 Å². The van der Waals surface area contributed by atoms with Gasteiger partial charge in [0.2, 0.25) is 0 Å². The van der Waals surface area contributed by atoms with Crippen LogP contribution in [0.5, 0.6) is 0 Å². The average molecular weight is 561 g/mol. The second-order valence-corrected chi connectivity index (χ2v) is 12.2. The lowest BCUT2D eigenvalue weighted by Crippen LogP contribution is -2.50. The molecule has 1 saturated heterocycles. The molecule has 1 aliphatic carbocycles. The van der Waals surface area contributed by atoms with Crippen LogP contribution < -0.4 is 5.73 Å². The van der Waals surface area contributed by atoms with Crippen molar-refractivity contribution in [2.24, 2.45) is 11.7 Å². The van der Waals surface area contributed by atoms with Crippen LogP contribution in [0.15, 0.2) is 73.1 Å². The topological polar surface area (TPSA) is 84.3 Å². The molecule has 2 fully saturated rings. The molecule has 2 atom stereocenters. The Hall–Kier alpha value is -4.43. The van der Waals surface area contributed by atoms with E-state index in [2.05, 4.69) is 65.0 Å². The van der Waals surface area contributed by atoms with E-state index in [0.29, 0.717) is 24.4 Å². The minimum Gasteiger partial charge on any atom is -0.361 e. The van der Waals surface area contributed by atoms with Crippen molar-refractivity contribution in [3.8, 4) is 22.5 Å². The number of rotatable bonds is 5. The number of aromatic amines is 1. The molecule has 42 heavy (non-hydrogen) atoms. The van der Waals surface area contributed by atoms with Gasteiger partial charge in [0.05, 0.1) is 23.3 Å². The number of nitrogens with one attached hydrogen (secondary N) is 1. The van der Waals surface area contributed by atoms with Gasteiger partial charge in [-0.05, 0) is 91.1 Å². The molecule has 6 aromatic rings. The summed E-state index contributed by atoms with van der Waals surface area (Å²) in [4.78, 5) is 18.1. The lowest BCUT2D eigenvalue weighted by Gasteiger charge is -2.32. The van der Waals surface area contributed by atoms with Crippen molar-refractivity contribution in [1.29, 1.82) is 0 Å². The lowest BCUT2D eigenvalue weighted by atomic mass is 10.0. The second-order valence-electron chi connectivity index (χ2n) is 12.2. The highest BCUT2D eigenvalue weighted by atomic mass is 19.1. The highest BCUT2D eigenvalue weighted by Crippen LogP contribution is 2.38. The molecule has 4 aromatic heterocycles. The first-order chi connectivity index (χ1) is 20.4. The molecule has 7 nitrogen and oxygen atoms in total. The van der Waals surface area contributed by atoms with Gasteiger partial charge < -0.3 is 20.2 Å². The maximum atomic E-state index is 14.2. The third-order valence-corrected chi connectivity index (χ3v) is 9.01. The molecule has 0 radical (unpaired) electrons. The minimum atomic E-state index is -1.09. The zero-order chi connectivity index (χ0) is 28.5. The number of likely N-dealkylation sites (tertiary alicyclic amines) is 1. The first-order valence-corrected chi connectivity index (χ1v) is 14.8. The standard InChI is InChI=1S/C34H33FN6O/c1-20-30-9-7-26(34(42)39-18-27(35)15-28(36)19-39)17-41(30)38-33(20)32-14-25-5-4-23(13-31(25)40(32)16-21-2-3-21)22-6-8-29-24(12-22)10-11-37-29/h4-14,17,21,27-28,37H,2-3,15-16,18-19,36H2,1H3/t27-,28-/m1/s1. The number of benzene rings is 2. The summed E-state index contributed by atoms with van der Waals surface area (Å²) in [7, 11) is 0. The van der Waals surface area contributed by atoms with Gasteiger partial charge in [-0.15, -0.1) is 0 Å². The number of pyridine rings is 1. The smallest absolute Gasteiger partial charge is 0.255 e. The Balaban J connectivity index is 1.20. The van der Waals surface area contributed by atoms with E-state index in [9.17, 15) is 9.18 Å². The van der Waals surface area contributed by atoms with Crippen LogP contribution in [-0.2, 0) is 6.54 Å². The molecule has 1 amide bonds. The van der Waals surface area contributed by atoms with Crippen LogP contribution in [0.4, 0.5) is 4.39 Å². The van der Waals surface area contributed by atoms with Crippen molar-refractivity contribution >= 4 is 33.2 Å². The van der Waals surface area contributed by atoms with Crippen LogP contribution >= 0.6 is 0 Å². The number of nitrogens with zero attached hydrogens (tertiary/aromatic N) is 4. The number of aromatic nitrogens is 4. The van der Waals surface area contributed by atoms with E-state index in [4.69, 9.17) is 10.8 Å². The predicted molar refractivity (Wildman–Crippen MR) is 164 cm³/mol. The second kappa shape index (κ2) is 9.56. The maximum Gasteiger partial charge on any atom is 0.255 e. The Morgan fingerprint density at radius 2 is 1.83 bits per heavy atom. The van der Waals surface area contributed by atoms with Gasteiger partial charge in [-0.3, -0.25) is 4.79 Å². The molecular formula is C34H33FN6O. The van der Waals surface area contributed by atoms with Crippen molar-refractivity contribution in [2.75, 3.05) is 13.1 Å². The number of fused-ring (bicyclic) bond motifs is 3. The molecular weight excluding hydrogens is 527 g/mol. The number of nitrogens with two attached hydrogens (primary N) is 1. The molecule has 3 N–H and O–H groups in total. The number of piperidine rings is 1. The molecule has 0 spiro atoms. The van der Waals surface area contributed by atoms with Crippen molar-refractivity contribution in [3.05, 3.63) is 84.2 Å². The summed E-state index contributed by atoms with van der Waals surface area (Å²) in [5.41, 5.74) is 15.2. The van der Waals surface area contributed by atoms with Crippen LogP contribution in [0.3, 0.4) is 0 Å². The van der Waals surface area contributed by atoms with Crippen LogP contribution in [0.1, 0.15) is 35.2 Å². The molecule has 212 valence electrons. The molecule has 8 heteroatoms. The normalized spacial score (nSPS) is 19.4. The maximum absolute atomic E-state index is 14.2. The van der Waals surface area contributed by atoms with E-state index >= 15 is 0 Å². The van der Waals surface area contributed by atoms with Gasteiger partial charge in [0.15, 0.2) is 0 Å². The zero-order valence-electron chi connectivity index (χ0n) is 23.6. The summed E-state index contributed by atoms with van der Waals surface area (Å²) in [5, 5.41) is 7.40. The number of hydrogen-bond acceptors (Lipinski definition) is 3. The molecule has 5 heterocycles. The monoisotopic (exact) mass is 560 g/mol. The summed E-state index contributed by atoms with van der Waals surface area (Å²) < 4.78 is 18.4. The highest BCUT2D eigenvalue weighted by Gasteiger charge is 2.29. The first kappa shape index (κ1) is 25.3.